The number of aliphatic hydroxyl groups excluding tert-OH is 1. The van der Waals surface area contributed by atoms with Crippen molar-refractivity contribution >= 4 is 0 Å². The summed E-state index contributed by atoms with van der Waals surface area (Å²) in [5.41, 5.74) is 0.413. The maximum Gasteiger partial charge on any atom is 0.129 e. The molecule has 1 rings (SSSR count). The van der Waals surface area contributed by atoms with Crippen molar-refractivity contribution in [2.75, 3.05) is 19.6 Å². The molecule has 1 aromatic rings. The highest BCUT2D eigenvalue weighted by molar-refractivity contribution is 5.20. The summed E-state index contributed by atoms with van der Waals surface area (Å²) >= 11 is 0. The number of benzene rings is 1. The second-order valence-corrected chi connectivity index (χ2v) is 5.95. The maximum atomic E-state index is 13.8. The lowest BCUT2D eigenvalue weighted by Crippen LogP contribution is -2.33. The van der Waals surface area contributed by atoms with Crippen LogP contribution in [0.3, 0.4) is 0 Å². The van der Waals surface area contributed by atoms with Crippen LogP contribution in [0.4, 0.5) is 4.39 Å². The van der Waals surface area contributed by atoms with E-state index in [9.17, 15) is 9.50 Å². The van der Waals surface area contributed by atoms with Gasteiger partial charge < -0.3 is 10.0 Å². The predicted molar refractivity (Wildman–Crippen MR) is 86.8 cm³/mol. The number of hydrogen-bond acceptors (Lipinski definition) is 2. The van der Waals surface area contributed by atoms with Gasteiger partial charge in [-0.05, 0) is 37.9 Å². The molecule has 0 fully saturated rings. The van der Waals surface area contributed by atoms with Crippen molar-refractivity contribution in [3.63, 3.8) is 0 Å². The van der Waals surface area contributed by atoms with Crippen LogP contribution in [0.25, 0.3) is 0 Å². The van der Waals surface area contributed by atoms with Crippen LogP contribution in [0, 0.1) is 11.7 Å². The number of unbranched alkanes of at least 4 members (excludes halogenated alkanes) is 2. The van der Waals surface area contributed by atoms with Crippen LogP contribution < -0.4 is 0 Å². The quantitative estimate of drug-likeness (QED) is 0.691. The fourth-order valence-corrected chi connectivity index (χ4v) is 2.59. The number of hydrogen-bond donors (Lipinski definition) is 1. The van der Waals surface area contributed by atoms with Crippen molar-refractivity contribution in [1.82, 2.24) is 4.90 Å². The highest BCUT2D eigenvalue weighted by Gasteiger charge is 2.21. The molecule has 0 bridgehead atoms. The number of aliphatic hydroxyl groups is 1. The second kappa shape index (κ2) is 9.91. The molecule has 2 atom stereocenters. The van der Waals surface area contributed by atoms with E-state index in [1.807, 2.05) is 6.92 Å². The highest BCUT2D eigenvalue weighted by atomic mass is 19.1. The Kier molecular flexibility index (Phi) is 8.55. The van der Waals surface area contributed by atoms with Crippen molar-refractivity contribution < 1.29 is 9.50 Å². The van der Waals surface area contributed by atoms with E-state index in [0.29, 0.717) is 5.56 Å². The Morgan fingerprint density at radius 1 is 1.10 bits per heavy atom. The first-order valence-electron chi connectivity index (χ1n) is 8.25. The fourth-order valence-electron chi connectivity index (χ4n) is 2.59. The van der Waals surface area contributed by atoms with Crippen LogP contribution in [-0.4, -0.2) is 29.6 Å². The molecule has 0 aliphatic heterocycles. The highest BCUT2D eigenvalue weighted by Crippen LogP contribution is 2.25. The molecule has 0 saturated carbocycles. The van der Waals surface area contributed by atoms with Gasteiger partial charge in [0, 0.05) is 12.1 Å². The summed E-state index contributed by atoms with van der Waals surface area (Å²) in [4.78, 5) is 2.40. The summed E-state index contributed by atoms with van der Waals surface area (Å²) in [7, 11) is 0. The molecule has 1 N–H and O–H groups in total. The third-order valence-electron chi connectivity index (χ3n) is 3.96. The molecule has 21 heavy (non-hydrogen) atoms. The molecule has 120 valence electrons. The fraction of sp³-hybridized carbons (Fsp3) is 0.667. The summed E-state index contributed by atoms with van der Waals surface area (Å²) in [5.74, 6) is -0.291. The van der Waals surface area contributed by atoms with E-state index in [-0.39, 0.29) is 11.7 Å². The first-order chi connectivity index (χ1) is 10.1. The van der Waals surface area contributed by atoms with Gasteiger partial charge in [0.1, 0.15) is 5.82 Å². The van der Waals surface area contributed by atoms with Crippen LogP contribution in [0.2, 0.25) is 0 Å². The molecule has 0 aromatic heterocycles. The molecule has 0 amide bonds. The van der Waals surface area contributed by atoms with Gasteiger partial charge in [-0.1, -0.05) is 51.8 Å². The molecule has 0 saturated heterocycles. The normalized spacial score (nSPS) is 14.4. The van der Waals surface area contributed by atoms with E-state index in [0.717, 1.165) is 19.6 Å². The summed E-state index contributed by atoms with van der Waals surface area (Å²) in [5, 5.41) is 10.4. The van der Waals surface area contributed by atoms with Gasteiger partial charge in [-0.25, -0.2) is 4.39 Å². The van der Waals surface area contributed by atoms with E-state index < -0.39 is 6.10 Å². The van der Waals surface area contributed by atoms with Crippen molar-refractivity contribution in [2.24, 2.45) is 5.92 Å². The molecular formula is C18H30FNO. The minimum Gasteiger partial charge on any atom is -0.388 e. The third-order valence-corrected chi connectivity index (χ3v) is 3.96. The average molecular weight is 295 g/mol. The Labute approximate surface area is 129 Å². The van der Waals surface area contributed by atoms with Crippen LogP contribution in [0.5, 0.6) is 0 Å². The van der Waals surface area contributed by atoms with Crippen LogP contribution in [0.15, 0.2) is 24.3 Å². The van der Waals surface area contributed by atoms with E-state index in [1.165, 1.54) is 31.7 Å². The standard InChI is InChI=1S/C18H30FNO/c1-4-6-12-20(13-7-5-2)14-15(3)18(21)16-10-8-9-11-17(16)19/h8-11,15,18,21H,4-7,12-14H2,1-3H3. The zero-order valence-corrected chi connectivity index (χ0v) is 13.7. The SMILES string of the molecule is CCCCN(CCCC)CC(C)C(O)c1ccccc1F. The van der Waals surface area contributed by atoms with Crippen molar-refractivity contribution in [2.45, 2.75) is 52.6 Å². The van der Waals surface area contributed by atoms with Gasteiger partial charge in [-0.2, -0.15) is 0 Å². The van der Waals surface area contributed by atoms with Crippen molar-refractivity contribution in [3.8, 4) is 0 Å². The average Bonchev–Trinajstić information content (AvgIpc) is 2.49. The van der Waals surface area contributed by atoms with Gasteiger partial charge in [0.25, 0.3) is 0 Å². The molecule has 3 heteroatoms. The first-order valence-corrected chi connectivity index (χ1v) is 8.25. The lowest BCUT2D eigenvalue weighted by atomic mass is 9.96. The van der Waals surface area contributed by atoms with Crippen LogP contribution >= 0.6 is 0 Å². The maximum absolute atomic E-state index is 13.8. The topological polar surface area (TPSA) is 23.5 Å². The molecule has 1 aromatic carbocycles. The first kappa shape index (κ1) is 18.1. The van der Waals surface area contributed by atoms with Gasteiger partial charge in [-0.15, -0.1) is 0 Å². The lowest BCUT2D eigenvalue weighted by molar-refractivity contribution is 0.0842. The summed E-state index contributed by atoms with van der Waals surface area (Å²) in [6, 6.07) is 6.53. The number of rotatable bonds is 10. The summed E-state index contributed by atoms with van der Waals surface area (Å²) in [6.45, 7) is 9.32. The monoisotopic (exact) mass is 295 g/mol. The number of halogens is 1. The van der Waals surface area contributed by atoms with Gasteiger partial charge in [-0.3, -0.25) is 0 Å². The molecule has 2 unspecified atom stereocenters. The Morgan fingerprint density at radius 2 is 1.67 bits per heavy atom. The van der Waals surface area contributed by atoms with Gasteiger partial charge >= 0.3 is 0 Å². The minimum atomic E-state index is -0.739. The molecule has 0 spiro atoms. The lowest BCUT2D eigenvalue weighted by Gasteiger charge is -2.28. The molecule has 0 radical (unpaired) electrons. The second-order valence-electron chi connectivity index (χ2n) is 5.95. The predicted octanol–water partition coefficient (Wildman–Crippen LogP) is 4.40. The number of nitrogens with zero attached hydrogens (tertiary/aromatic N) is 1. The van der Waals surface area contributed by atoms with Gasteiger partial charge in [0.15, 0.2) is 0 Å². The van der Waals surface area contributed by atoms with Gasteiger partial charge in [0.05, 0.1) is 6.10 Å². The van der Waals surface area contributed by atoms with Crippen molar-refractivity contribution in [3.05, 3.63) is 35.6 Å². The Hall–Kier alpha value is -0.930. The Morgan fingerprint density at radius 3 is 2.19 bits per heavy atom. The summed E-state index contributed by atoms with van der Waals surface area (Å²) < 4.78 is 13.8. The smallest absolute Gasteiger partial charge is 0.129 e. The molecule has 2 nitrogen and oxygen atoms in total. The molecule has 0 aliphatic rings. The van der Waals surface area contributed by atoms with E-state index >= 15 is 0 Å². The van der Waals surface area contributed by atoms with Crippen LogP contribution in [-0.2, 0) is 0 Å². The van der Waals surface area contributed by atoms with E-state index in [1.54, 1.807) is 18.2 Å². The van der Waals surface area contributed by atoms with Crippen LogP contribution in [0.1, 0.15) is 58.1 Å². The minimum absolute atomic E-state index is 0.0237. The van der Waals surface area contributed by atoms with Crippen molar-refractivity contribution in [1.29, 1.82) is 0 Å². The Bertz CT molecular complexity index is 389. The molecular weight excluding hydrogens is 265 g/mol. The zero-order chi connectivity index (χ0) is 15.7. The third kappa shape index (κ3) is 6.15. The van der Waals surface area contributed by atoms with Gasteiger partial charge in [0.2, 0.25) is 0 Å². The van der Waals surface area contributed by atoms with E-state index in [2.05, 4.69) is 18.7 Å². The summed E-state index contributed by atoms with van der Waals surface area (Å²) in [6.07, 6.45) is 3.95. The zero-order valence-electron chi connectivity index (χ0n) is 13.7. The molecule has 0 heterocycles. The molecule has 0 aliphatic carbocycles. The largest absolute Gasteiger partial charge is 0.388 e. The Balaban J connectivity index is 2.62. The van der Waals surface area contributed by atoms with E-state index in [4.69, 9.17) is 0 Å².